The van der Waals surface area contributed by atoms with Gasteiger partial charge in [-0.25, -0.2) is 0 Å². The molecule has 0 rings (SSSR count). The molecule has 0 saturated heterocycles. The second-order valence-corrected chi connectivity index (χ2v) is 9.90. The summed E-state index contributed by atoms with van der Waals surface area (Å²) in [6, 6.07) is 0. The lowest BCUT2D eigenvalue weighted by Gasteiger charge is -2.10. The van der Waals surface area contributed by atoms with Gasteiger partial charge >= 0.3 is 0 Å². The Morgan fingerprint density at radius 2 is 0.700 bits per heavy atom. The molecule has 1 atom stereocenters. The van der Waals surface area contributed by atoms with E-state index in [2.05, 4.69) is 32.6 Å². The lowest BCUT2D eigenvalue weighted by Crippen LogP contribution is -1.95. The maximum absolute atomic E-state index is 3.41. The van der Waals surface area contributed by atoms with Crippen LogP contribution in [0.5, 0.6) is 0 Å². The topological polar surface area (TPSA) is 0 Å². The lowest BCUT2D eigenvalue weighted by molar-refractivity contribution is 0.432. The van der Waals surface area contributed by atoms with E-state index >= 15 is 0 Å². The summed E-state index contributed by atoms with van der Waals surface area (Å²) in [7, 11) is 0. The zero-order valence-corrected chi connectivity index (χ0v) is 21.5. The molecule has 1 unspecified atom stereocenters. The Hall–Kier alpha value is -0.440. The highest BCUT2D eigenvalue weighted by atomic mass is 14.1. The zero-order chi connectivity index (χ0) is 22.0. The molecule has 0 aliphatic carbocycles. The second kappa shape index (κ2) is 26.6. The molecule has 0 radical (unpaired) electrons. The number of hydrogen-bond donors (Lipinski definition) is 0. The Balaban J connectivity index is 3.18. The van der Waals surface area contributed by atoms with Gasteiger partial charge in [-0.2, -0.15) is 0 Å². The normalized spacial score (nSPS) is 12.0. The predicted octanol–water partition coefficient (Wildman–Crippen LogP) is 11.0. The Morgan fingerprint density at radius 3 is 1.07 bits per heavy atom. The molecule has 0 nitrogen and oxygen atoms in total. The van der Waals surface area contributed by atoms with Crippen LogP contribution in [-0.2, 0) is 0 Å². The monoisotopic (exact) mass is 418 g/mol. The molecule has 0 aromatic heterocycles. The molecule has 0 heteroatoms. The van der Waals surface area contributed by atoms with Crippen molar-refractivity contribution in [3.63, 3.8) is 0 Å². The molecule has 0 N–H and O–H groups in total. The minimum atomic E-state index is 0.955. The summed E-state index contributed by atoms with van der Waals surface area (Å²) in [5.41, 5.74) is 0. The van der Waals surface area contributed by atoms with E-state index in [0.29, 0.717) is 0 Å². The first-order valence-corrected chi connectivity index (χ1v) is 14.3. The van der Waals surface area contributed by atoms with E-state index < -0.39 is 0 Å². The van der Waals surface area contributed by atoms with Crippen molar-refractivity contribution in [3.05, 3.63) is 0 Å². The average molecular weight is 419 g/mol. The fraction of sp³-hybridized carbons (Fsp3) is 0.933. The molecular formula is C30H58. The van der Waals surface area contributed by atoms with Crippen LogP contribution >= 0.6 is 0 Å². The van der Waals surface area contributed by atoms with Gasteiger partial charge < -0.3 is 0 Å². The second-order valence-electron chi connectivity index (χ2n) is 9.90. The first kappa shape index (κ1) is 29.6. The molecule has 0 aromatic carbocycles. The summed E-state index contributed by atoms with van der Waals surface area (Å²) in [5, 5.41) is 0. The molecule has 0 aromatic rings. The third-order valence-electron chi connectivity index (χ3n) is 6.58. The van der Waals surface area contributed by atoms with E-state index in [1.807, 2.05) is 0 Å². The van der Waals surface area contributed by atoms with Crippen molar-refractivity contribution in [3.8, 4) is 11.8 Å². The van der Waals surface area contributed by atoms with Crippen molar-refractivity contribution in [2.75, 3.05) is 0 Å². The van der Waals surface area contributed by atoms with Crippen molar-refractivity contribution in [2.45, 2.75) is 175 Å². The fourth-order valence-corrected chi connectivity index (χ4v) is 4.35. The first-order valence-electron chi connectivity index (χ1n) is 14.3. The van der Waals surface area contributed by atoms with Crippen molar-refractivity contribution in [2.24, 2.45) is 5.92 Å². The van der Waals surface area contributed by atoms with Crippen LogP contribution in [0.2, 0.25) is 0 Å². The highest BCUT2D eigenvalue weighted by molar-refractivity contribution is 4.98. The standard InChI is InChI=1S/C30H58/c1-4-6-8-10-11-12-13-14-15-16-17-18-19-20-21-22-23-25-27-29-30(3)28-26-24-9-7-5-2/h30H,4-15,18-29H2,1-3H3. The highest BCUT2D eigenvalue weighted by Crippen LogP contribution is 2.18. The highest BCUT2D eigenvalue weighted by Gasteiger charge is 2.02. The van der Waals surface area contributed by atoms with Gasteiger partial charge in [-0.05, 0) is 18.8 Å². The minimum absolute atomic E-state index is 0.955. The predicted molar refractivity (Wildman–Crippen MR) is 139 cm³/mol. The smallest absolute Gasteiger partial charge is 0.00886 e. The van der Waals surface area contributed by atoms with Crippen LogP contribution < -0.4 is 0 Å². The van der Waals surface area contributed by atoms with E-state index in [1.165, 1.54) is 141 Å². The molecule has 0 saturated carbocycles. The van der Waals surface area contributed by atoms with E-state index in [9.17, 15) is 0 Å². The van der Waals surface area contributed by atoms with Gasteiger partial charge in [-0.15, -0.1) is 11.8 Å². The zero-order valence-electron chi connectivity index (χ0n) is 21.5. The van der Waals surface area contributed by atoms with E-state index in [0.717, 1.165) is 18.8 Å². The Labute approximate surface area is 192 Å². The van der Waals surface area contributed by atoms with Gasteiger partial charge in [0, 0.05) is 12.8 Å². The minimum Gasteiger partial charge on any atom is -0.103 e. The number of unbranched alkanes of at least 4 members (excludes halogenated alkanes) is 19. The van der Waals surface area contributed by atoms with Crippen LogP contribution in [0, 0.1) is 17.8 Å². The van der Waals surface area contributed by atoms with Crippen molar-refractivity contribution in [1.82, 2.24) is 0 Å². The van der Waals surface area contributed by atoms with Crippen molar-refractivity contribution < 1.29 is 0 Å². The fourth-order valence-electron chi connectivity index (χ4n) is 4.35. The quantitative estimate of drug-likeness (QED) is 0.114. The number of hydrogen-bond acceptors (Lipinski definition) is 0. The molecule has 178 valence electrons. The maximum atomic E-state index is 3.41. The van der Waals surface area contributed by atoms with E-state index in [1.54, 1.807) is 0 Å². The molecule has 0 fully saturated rings. The van der Waals surface area contributed by atoms with E-state index in [-0.39, 0.29) is 0 Å². The van der Waals surface area contributed by atoms with Crippen LogP contribution in [-0.4, -0.2) is 0 Å². The van der Waals surface area contributed by atoms with Gasteiger partial charge in [0.2, 0.25) is 0 Å². The van der Waals surface area contributed by atoms with Crippen LogP contribution in [0.1, 0.15) is 175 Å². The molecule has 30 heavy (non-hydrogen) atoms. The van der Waals surface area contributed by atoms with Gasteiger partial charge in [0.25, 0.3) is 0 Å². The Kier molecular flexibility index (Phi) is 26.2. The molecular weight excluding hydrogens is 360 g/mol. The molecule has 0 amide bonds. The van der Waals surface area contributed by atoms with Gasteiger partial charge in [0.1, 0.15) is 0 Å². The molecule has 0 bridgehead atoms. The van der Waals surface area contributed by atoms with Crippen molar-refractivity contribution in [1.29, 1.82) is 0 Å². The van der Waals surface area contributed by atoms with Gasteiger partial charge in [-0.1, -0.05) is 149 Å². The molecule has 0 spiro atoms. The largest absolute Gasteiger partial charge is 0.103 e. The lowest BCUT2D eigenvalue weighted by atomic mass is 9.96. The van der Waals surface area contributed by atoms with Crippen LogP contribution in [0.25, 0.3) is 0 Å². The summed E-state index contributed by atoms with van der Waals surface area (Å²) in [6.07, 6.45) is 33.5. The summed E-state index contributed by atoms with van der Waals surface area (Å²) in [5.74, 6) is 7.76. The summed E-state index contributed by atoms with van der Waals surface area (Å²) in [6.45, 7) is 7.06. The Morgan fingerprint density at radius 1 is 0.400 bits per heavy atom. The van der Waals surface area contributed by atoms with Crippen LogP contribution in [0.4, 0.5) is 0 Å². The summed E-state index contributed by atoms with van der Waals surface area (Å²) < 4.78 is 0. The molecule has 0 heterocycles. The average Bonchev–Trinajstić information content (AvgIpc) is 2.75. The summed E-state index contributed by atoms with van der Waals surface area (Å²) in [4.78, 5) is 0. The number of rotatable bonds is 23. The third kappa shape index (κ3) is 25.6. The van der Waals surface area contributed by atoms with Gasteiger partial charge in [-0.3, -0.25) is 0 Å². The SMILES string of the molecule is CCCCCCCCCCC#CCCCCCCCCCC(C)CCCCCCC. The van der Waals surface area contributed by atoms with E-state index in [4.69, 9.17) is 0 Å². The third-order valence-corrected chi connectivity index (χ3v) is 6.58. The first-order chi connectivity index (χ1) is 14.8. The van der Waals surface area contributed by atoms with Gasteiger partial charge in [0.15, 0.2) is 0 Å². The van der Waals surface area contributed by atoms with Crippen LogP contribution in [0.3, 0.4) is 0 Å². The van der Waals surface area contributed by atoms with Gasteiger partial charge in [0.05, 0.1) is 0 Å². The Bertz CT molecular complexity index is 358. The molecule has 0 aliphatic heterocycles. The molecule has 0 aliphatic rings. The van der Waals surface area contributed by atoms with Crippen LogP contribution in [0.15, 0.2) is 0 Å². The van der Waals surface area contributed by atoms with Crippen molar-refractivity contribution >= 4 is 0 Å². The maximum Gasteiger partial charge on any atom is 0.00886 e. The summed E-state index contributed by atoms with van der Waals surface area (Å²) >= 11 is 0.